The van der Waals surface area contributed by atoms with Gasteiger partial charge in [-0.15, -0.1) is 0 Å². The van der Waals surface area contributed by atoms with Crippen molar-refractivity contribution in [3.8, 4) is 17.4 Å². The summed E-state index contributed by atoms with van der Waals surface area (Å²) in [5.41, 5.74) is 1.42. The van der Waals surface area contributed by atoms with Gasteiger partial charge in [-0.3, -0.25) is 4.79 Å². The number of aromatic nitrogens is 3. The molecule has 0 fully saturated rings. The average molecular weight is 241 g/mol. The quantitative estimate of drug-likeness (QED) is 0.680. The maximum absolute atomic E-state index is 11.3. The van der Waals surface area contributed by atoms with Crippen molar-refractivity contribution in [2.75, 3.05) is 0 Å². The van der Waals surface area contributed by atoms with Gasteiger partial charge in [0.2, 0.25) is 5.88 Å². The van der Waals surface area contributed by atoms with E-state index in [9.17, 15) is 9.90 Å². The highest BCUT2D eigenvalue weighted by molar-refractivity contribution is 5.85. The molecule has 0 bridgehead atoms. The van der Waals surface area contributed by atoms with E-state index in [-0.39, 0.29) is 11.4 Å². The molecule has 3 rings (SSSR count). The van der Waals surface area contributed by atoms with E-state index in [1.807, 2.05) is 41.9 Å². The number of H-pyrrole nitrogens is 1. The van der Waals surface area contributed by atoms with Crippen molar-refractivity contribution in [3.63, 3.8) is 0 Å². The van der Waals surface area contributed by atoms with E-state index in [2.05, 4.69) is 9.97 Å². The number of fused-ring (bicyclic) bond motifs is 1. The summed E-state index contributed by atoms with van der Waals surface area (Å²) in [5.74, 6) is 0.0812. The Morgan fingerprint density at radius 3 is 2.78 bits per heavy atom. The molecule has 2 heterocycles. The van der Waals surface area contributed by atoms with Crippen LogP contribution in [-0.4, -0.2) is 19.6 Å². The van der Waals surface area contributed by atoms with Crippen molar-refractivity contribution in [1.29, 1.82) is 0 Å². The first-order valence-electron chi connectivity index (χ1n) is 5.50. The topological polar surface area (TPSA) is 70.9 Å². The van der Waals surface area contributed by atoms with E-state index in [1.54, 1.807) is 0 Å². The second-order valence-electron chi connectivity index (χ2n) is 4.10. The lowest BCUT2D eigenvalue weighted by Crippen LogP contribution is -2.08. The first kappa shape index (κ1) is 10.6. The van der Waals surface area contributed by atoms with E-state index < -0.39 is 0 Å². The van der Waals surface area contributed by atoms with Crippen LogP contribution < -0.4 is 5.56 Å². The number of rotatable bonds is 1. The molecule has 2 N–H and O–H groups in total. The van der Waals surface area contributed by atoms with E-state index >= 15 is 0 Å². The smallest absolute Gasteiger partial charge is 0.255 e. The van der Waals surface area contributed by atoms with Crippen LogP contribution in [0, 0.1) is 0 Å². The summed E-state index contributed by atoms with van der Waals surface area (Å²) in [6.07, 6.45) is 0. The molecule has 18 heavy (non-hydrogen) atoms. The summed E-state index contributed by atoms with van der Waals surface area (Å²) in [5, 5.41) is 10.4. The lowest BCUT2D eigenvalue weighted by molar-refractivity contribution is 0.451. The molecule has 0 spiro atoms. The highest BCUT2D eigenvalue weighted by Crippen LogP contribution is 2.24. The lowest BCUT2D eigenvalue weighted by atomic mass is 10.2. The molecular weight excluding hydrogens is 230 g/mol. The molecule has 0 aliphatic carbocycles. The number of para-hydroxylation sites is 1. The van der Waals surface area contributed by atoms with Crippen molar-refractivity contribution in [3.05, 3.63) is 46.8 Å². The highest BCUT2D eigenvalue weighted by Gasteiger charge is 2.10. The van der Waals surface area contributed by atoms with Crippen LogP contribution in [-0.2, 0) is 7.05 Å². The summed E-state index contributed by atoms with van der Waals surface area (Å²) in [4.78, 5) is 17.9. The normalized spacial score (nSPS) is 10.9. The third-order valence-corrected chi connectivity index (χ3v) is 2.92. The molecule has 0 saturated carbocycles. The summed E-state index contributed by atoms with van der Waals surface area (Å²) in [7, 11) is 1.89. The Kier molecular flexibility index (Phi) is 2.19. The second-order valence-corrected chi connectivity index (χ2v) is 4.10. The largest absolute Gasteiger partial charge is 0.493 e. The van der Waals surface area contributed by atoms with Crippen LogP contribution >= 0.6 is 0 Å². The SMILES string of the molecule is Cn1c(-c2nc(O)cc(=O)[nH]2)cc2ccccc21. The first-order chi connectivity index (χ1) is 8.65. The van der Waals surface area contributed by atoms with Gasteiger partial charge in [-0.25, -0.2) is 0 Å². The minimum Gasteiger partial charge on any atom is -0.493 e. The Balaban J connectivity index is 2.31. The number of hydrogen-bond acceptors (Lipinski definition) is 3. The van der Waals surface area contributed by atoms with Crippen LogP contribution in [0.5, 0.6) is 5.88 Å². The zero-order chi connectivity index (χ0) is 12.7. The van der Waals surface area contributed by atoms with Gasteiger partial charge in [0, 0.05) is 18.0 Å². The molecule has 5 nitrogen and oxygen atoms in total. The van der Waals surface area contributed by atoms with Crippen LogP contribution in [0.15, 0.2) is 41.2 Å². The Bertz CT molecular complexity index is 786. The minimum absolute atomic E-state index is 0.279. The van der Waals surface area contributed by atoms with Gasteiger partial charge in [-0.1, -0.05) is 18.2 Å². The van der Waals surface area contributed by atoms with Crippen LogP contribution in [0.25, 0.3) is 22.4 Å². The molecule has 1 aromatic carbocycles. The molecule has 5 heteroatoms. The van der Waals surface area contributed by atoms with Gasteiger partial charge < -0.3 is 14.7 Å². The number of aromatic amines is 1. The van der Waals surface area contributed by atoms with Gasteiger partial charge in [0.05, 0.1) is 11.8 Å². The zero-order valence-electron chi connectivity index (χ0n) is 9.71. The second kappa shape index (κ2) is 3.73. The van der Waals surface area contributed by atoms with Crippen LogP contribution in [0.1, 0.15) is 0 Å². The van der Waals surface area contributed by atoms with Gasteiger partial charge in [-0.05, 0) is 12.1 Å². The predicted molar refractivity (Wildman–Crippen MR) is 68.4 cm³/mol. The maximum Gasteiger partial charge on any atom is 0.255 e. The third-order valence-electron chi connectivity index (χ3n) is 2.92. The summed E-state index contributed by atoms with van der Waals surface area (Å²) < 4.78 is 1.92. The maximum atomic E-state index is 11.3. The van der Waals surface area contributed by atoms with Gasteiger partial charge in [0.25, 0.3) is 5.56 Å². The van der Waals surface area contributed by atoms with E-state index in [0.717, 1.165) is 22.7 Å². The summed E-state index contributed by atoms with van der Waals surface area (Å²) in [6, 6.07) is 10.8. The van der Waals surface area contributed by atoms with Crippen molar-refractivity contribution >= 4 is 10.9 Å². The number of aromatic hydroxyl groups is 1. The van der Waals surface area contributed by atoms with E-state index in [0.29, 0.717) is 5.82 Å². The average Bonchev–Trinajstić information content (AvgIpc) is 2.66. The van der Waals surface area contributed by atoms with Crippen LogP contribution in [0.4, 0.5) is 0 Å². The standard InChI is InChI=1S/C13H11N3O2/c1-16-9-5-3-2-4-8(9)6-10(16)13-14-11(17)7-12(18)15-13/h2-7H,1H3,(H2,14,15,17,18). The van der Waals surface area contributed by atoms with Crippen LogP contribution in [0.3, 0.4) is 0 Å². The van der Waals surface area contributed by atoms with Gasteiger partial charge >= 0.3 is 0 Å². The molecule has 0 saturated heterocycles. The molecule has 0 atom stereocenters. The number of nitrogens with zero attached hydrogens (tertiary/aromatic N) is 2. The van der Waals surface area contributed by atoms with Crippen molar-refractivity contribution in [2.45, 2.75) is 0 Å². The fourth-order valence-electron chi connectivity index (χ4n) is 2.08. The fraction of sp³-hybridized carbons (Fsp3) is 0.0769. The number of aryl methyl sites for hydroxylation is 1. The van der Waals surface area contributed by atoms with Gasteiger partial charge in [-0.2, -0.15) is 4.98 Å². The molecule has 3 aromatic rings. The lowest BCUT2D eigenvalue weighted by Gasteiger charge is -2.03. The predicted octanol–water partition coefficient (Wildman–Crippen LogP) is 1.63. The molecular formula is C13H11N3O2. The summed E-state index contributed by atoms with van der Waals surface area (Å²) in [6.45, 7) is 0. The number of benzene rings is 1. The van der Waals surface area contributed by atoms with Gasteiger partial charge in [0.15, 0.2) is 5.82 Å². The summed E-state index contributed by atoms with van der Waals surface area (Å²) >= 11 is 0. The number of nitrogens with one attached hydrogen (secondary N) is 1. The molecule has 0 aliphatic rings. The first-order valence-corrected chi connectivity index (χ1v) is 5.50. The zero-order valence-corrected chi connectivity index (χ0v) is 9.71. The van der Waals surface area contributed by atoms with E-state index in [1.165, 1.54) is 0 Å². The van der Waals surface area contributed by atoms with Crippen molar-refractivity contribution < 1.29 is 5.11 Å². The fourth-order valence-corrected chi connectivity index (χ4v) is 2.08. The van der Waals surface area contributed by atoms with Crippen molar-refractivity contribution in [2.24, 2.45) is 7.05 Å². The Hall–Kier alpha value is -2.56. The molecule has 0 unspecified atom stereocenters. The Morgan fingerprint density at radius 1 is 1.28 bits per heavy atom. The molecule has 0 aliphatic heterocycles. The Morgan fingerprint density at radius 2 is 2.06 bits per heavy atom. The van der Waals surface area contributed by atoms with E-state index in [4.69, 9.17) is 0 Å². The molecule has 0 radical (unpaired) electrons. The molecule has 0 amide bonds. The number of hydrogen-bond donors (Lipinski definition) is 2. The van der Waals surface area contributed by atoms with Crippen molar-refractivity contribution in [1.82, 2.24) is 14.5 Å². The highest BCUT2D eigenvalue weighted by atomic mass is 16.3. The van der Waals surface area contributed by atoms with Crippen LogP contribution in [0.2, 0.25) is 0 Å². The van der Waals surface area contributed by atoms with Gasteiger partial charge in [0.1, 0.15) is 0 Å². The minimum atomic E-state index is -0.372. The molecule has 90 valence electrons. The molecule has 2 aromatic heterocycles. The Labute approximate surface area is 102 Å². The third kappa shape index (κ3) is 1.57. The monoisotopic (exact) mass is 241 g/mol.